The standard InChI is InChI=1S/C15H18N8O5/c1-17-13(27)6-2-19-23(3-6)15-20-11(16)8-12(21-15)22(5-18-8)14-10(26)9(25)7(4-24)28-14/h2-3,5,7,9-10,14,24-26H,4H2,1H3,(H,17,27)(H2,16,20,21)/t7-,9-,10+,14-/m1/s1. The van der Waals surface area contributed by atoms with E-state index in [0.717, 1.165) is 0 Å². The molecule has 148 valence electrons. The van der Waals surface area contributed by atoms with Gasteiger partial charge in [-0.25, -0.2) is 9.67 Å². The molecular weight excluding hydrogens is 372 g/mol. The highest BCUT2D eigenvalue weighted by Gasteiger charge is 2.44. The number of aliphatic hydroxyl groups excluding tert-OH is 3. The number of aromatic nitrogens is 6. The van der Waals surface area contributed by atoms with Gasteiger partial charge in [0, 0.05) is 13.2 Å². The fourth-order valence-electron chi connectivity index (χ4n) is 3.02. The van der Waals surface area contributed by atoms with Gasteiger partial charge in [0.2, 0.25) is 0 Å². The fourth-order valence-corrected chi connectivity index (χ4v) is 3.02. The predicted molar refractivity (Wildman–Crippen MR) is 93.3 cm³/mol. The zero-order valence-corrected chi connectivity index (χ0v) is 14.7. The number of ether oxygens (including phenoxy) is 1. The van der Waals surface area contributed by atoms with Crippen molar-refractivity contribution in [2.75, 3.05) is 19.4 Å². The number of nitrogen functional groups attached to an aromatic ring is 1. The second-order valence-electron chi connectivity index (χ2n) is 6.21. The van der Waals surface area contributed by atoms with E-state index in [1.54, 1.807) is 0 Å². The molecule has 4 heterocycles. The summed E-state index contributed by atoms with van der Waals surface area (Å²) >= 11 is 0. The van der Waals surface area contributed by atoms with Gasteiger partial charge in [-0.1, -0.05) is 0 Å². The van der Waals surface area contributed by atoms with Crippen LogP contribution >= 0.6 is 0 Å². The summed E-state index contributed by atoms with van der Waals surface area (Å²) in [6.45, 7) is -0.459. The molecule has 4 rings (SSSR count). The monoisotopic (exact) mass is 390 g/mol. The Morgan fingerprint density at radius 1 is 1.36 bits per heavy atom. The van der Waals surface area contributed by atoms with E-state index in [9.17, 15) is 20.1 Å². The van der Waals surface area contributed by atoms with Crippen LogP contribution in [0.5, 0.6) is 0 Å². The van der Waals surface area contributed by atoms with Crippen LogP contribution in [0.2, 0.25) is 0 Å². The van der Waals surface area contributed by atoms with Gasteiger partial charge in [0.25, 0.3) is 11.9 Å². The van der Waals surface area contributed by atoms with Crippen LogP contribution in [-0.2, 0) is 4.74 Å². The molecule has 1 aliphatic heterocycles. The SMILES string of the molecule is CNC(=O)c1cnn(-c2nc(N)c3ncn([C@@H]4O[C@H](CO)[C@@H](O)[C@@H]4O)c3n2)c1. The number of nitrogens with one attached hydrogen (secondary N) is 1. The third-order valence-electron chi connectivity index (χ3n) is 4.50. The quantitative estimate of drug-likeness (QED) is 0.320. The minimum absolute atomic E-state index is 0.0579. The molecule has 0 spiro atoms. The first-order chi connectivity index (χ1) is 13.4. The van der Waals surface area contributed by atoms with Crippen molar-refractivity contribution in [3.8, 4) is 5.95 Å². The first-order valence-corrected chi connectivity index (χ1v) is 8.34. The summed E-state index contributed by atoms with van der Waals surface area (Å²) in [6.07, 6.45) is -0.418. The molecule has 6 N–H and O–H groups in total. The summed E-state index contributed by atoms with van der Waals surface area (Å²) in [5, 5.41) is 36.1. The van der Waals surface area contributed by atoms with Crippen molar-refractivity contribution >= 4 is 22.9 Å². The predicted octanol–water partition coefficient (Wildman–Crippen LogP) is -2.43. The molecular formula is C15H18N8O5. The number of nitrogens with two attached hydrogens (primary N) is 1. The van der Waals surface area contributed by atoms with Crippen LogP contribution in [0.15, 0.2) is 18.7 Å². The number of aliphatic hydroxyl groups is 3. The fraction of sp³-hybridized carbons (Fsp3) is 0.400. The van der Waals surface area contributed by atoms with Crippen molar-refractivity contribution in [2.45, 2.75) is 24.5 Å². The lowest BCUT2D eigenvalue weighted by Crippen LogP contribution is -2.33. The summed E-state index contributed by atoms with van der Waals surface area (Å²) in [5.74, 6) is -0.187. The Balaban J connectivity index is 1.77. The number of nitrogens with zero attached hydrogens (tertiary/aromatic N) is 6. The van der Waals surface area contributed by atoms with E-state index in [1.807, 2.05) is 0 Å². The maximum atomic E-state index is 11.7. The smallest absolute Gasteiger partial charge is 0.254 e. The number of rotatable bonds is 4. The molecule has 1 fully saturated rings. The molecule has 4 atom stereocenters. The third kappa shape index (κ3) is 2.77. The lowest BCUT2D eigenvalue weighted by molar-refractivity contribution is -0.0511. The molecule has 3 aromatic rings. The largest absolute Gasteiger partial charge is 0.394 e. The van der Waals surface area contributed by atoms with Gasteiger partial charge in [-0.05, 0) is 0 Å². The lowest BCUT2D eigenvalue weighted by Gasteiger charge is -2.16. The van der Waals surface area contributed by atoms with Gasteiger partial charge in [0.05, 0.1) is 24.7 Å². The van der Waals surface area contributed by atoms with Crippen molar-refractivity contribution in [3.05, 3.63) is 24.3 Å². The molecule has 1 amide bonds. The number of fused-ring (bicyclic) bond motifs is 1. The lowest BCUT2D eigenvalue weighted by atomic mass is 10.1. The summed E-state index contributed by atoms with van der Waals surface area (Å²) < 4.78 is 8.18. The molecule has 0 saturated carbocycles. The first kappa shape index (κ1) is 18.2. The average Bonchev–Trinajstić information content (AvgIpc) is 3.40. The highest BCUT2D eigenvalue weighted by atomic mass is 16.6. The number of hydrogen-bond acceptors (Lipinski definition) is 10. The van der Waals surface area contributed by atoms with Crippen LogP contribution in [-0.4, -0.2) is 82.5 Å². The maximum Gasteiger partial charge on any atom is 0.254 e. The Bertz CT molecular complexity index is 1030. The van der Waals surface area contributed by atoms with Gasteiger partial charge in [0.1, 0.15) is 23.8 Å². The number of amides is 1. The molecule has 13 nitrogen and oxygen atoms in total. The Kier molecular flexibility index (Phi) is 4.43. The van der Waals surface area contributed by atoms with Crippen LogP contribution < -0.4 is 11.1 Å². The molecule has 0 radical (unpaired) electrons. The van der Waals surface area contributed by atoms with Gasteiger partial charge in [-0.3, -0.25) is 9.36 Å². The van der Waals surface area contributed by atoms with Crippen molar-refractivity contribution < 1.29 is 24.9 Å². The van der Waals surface area contributed by atoms with Gasteiger partial charge in [-0.15, -0.1) is 0 Å². The van der Waals surface area contributed by atoms with Crippen LogP contribution in [0, 0.1) is 0 Å². The highest BCUT2D eigenvalue weighted by molar-refractivity contribution is 5.93. The maximum absolute atomic E-state index is 11.7. The third-order valence-corrected chi connectivity index (χ3v) is 4.50. The number of anilines is 1. The Morgan fingerprint density at radius 3 is 2.82 bits per heavy atom. The van der Waals surface area contributed by atoms with Crippen LogP contribution in [0.1, 0.15) is 16.6 Å². The van der Waals surface area contributed by atoms with Gasteiger partial charge in [0.15, 0.2) is 17.7 Å². The Morgan fingerprint density at radius 2 is 2.14 bits per heavy atom. The molecule has 13 heteroatoms. The molecule has 0 unspecified atom stereocenters. The zero-order chi connectivity index (χ0) is 20.0. The normalized spacial score (nSPS) is 24.7. The number of carbonyl (C=O) groups is 1. The van der Waals surface area contributed by atoms with Gasteiger partial charge >= 0.3 is 0 Å². The van der Waals surface area contributed by atoms with Crippen LogP contribution in [0.3, 0.4) is 0 Å². The summed E-state index contributed by atoms with van der Waals surface area (Å²) in [7, 11) is 1.50. The van der Waals surface area contributed by atoms with Crippen molar-refractivity contribution in [2.24, 2.45) is 0 Å². The van der Waals surface area contributed by atoms with E-state index in [-0.39, 0.29) is 28.8 Å². The van der Waals surface area contributed by atoms with E-state index in [4.69, 9.17) is 10.5 Å². The number of carbonyl (C=O) groups excluding carboxylic acids is 1. The molecule has 3 aromatic heterocycles. The minimum atomic E-state index is -1.31. The summed E-state index contributed by atoms with van der Waals surface area (Å²) in [4.78, 5) is 24.4. The number of imidazole rings is 1. The number of hydrogen-bond donors (Lipinski definition) is 5. The van der Waals surface area contributed by atoms with Crippen molar-refractivity contribution in [1.29, 1.82) is 0 Å². The first-order valence-electron chi connectivity index (χ1n) is 8.34. The Hall–Kier alpha value is -3.13. The average molecular weight is 390 g/mol. The molecule has 0 aliphatic carbocycles. The molecule has 0 bridgehead atoms. The van der Waals surface area contributed by atoms with E-state index in [0.29, 0.717) is 5.56 Å². The second-order valence-corrected chi connectivity index (χ2v) is 6.21. The van der Waals surface area contributed by atoms with Gasteiger partial charge < -0.3 is 31.1 Å². The summed E-state index contributed by atoms with van der Waals surface area (Å²) in [5.41, 5.74) is 6.78. The van der Waals surface area contributed by atoms with Crippen molar-refractivity contribution in [3.63, 3.8) is 0 Å². The molecule has 1 saturated heterocycles. The van der Waals surface area contributed by atoms with Crippen molar-refractivity contribution in [1.82, 2.24) is 34.6 Å². The summed E-state index contributed by atoms with van der Waals surface area (Å²) in [6, 6.07) is 0. The minimum Gasteiger partial charge on any atom is -0.394 e. The zero-order valence-electron chi connectivity index (χ0n) is 14.7. The molecule has 0 aromatic carbocycles. The van der Waals surface area contributed by atoms with E-state index >= 15 is 0 Å². The van der Waals surface area contributed by atoms with E-state index < -0.39 is 31.1 Å². The van der Waals surface area contributed by atoms with E-state index in [2.05, 4.69) is 25.4 Å². The molecule has 1 aliphatic rings. The van der Waals surface area contributed by atoms with Crippen LogP contribution in [0.4, 0.5) is 5.82 Å². The second kappa shape index (κ2) is 6.79. The topological polar surface area (TPSA) is 186 Å². The van der Waals surface area contributed by atoms with Gasteiger partial charge in [-0.2, -0.15) is 15.1 Å². The highest BCUT2D eigenvalue weighted by Crippen LogP contribution is 2.32. The van der Waals surface area contributed by atoms with Crippen LogP contribution in [0.25, 0.3) is 17.1 Å². The Labute approximate surface area is 157 Å². The van der Waals surface area contributed by atoms with E-state index in [1.165, 1.54) is 35.0 Å². The molecule has 28 heavy (non-hydrogen) atoms.